The fourth-order valence-corrected chi connectivity index (χ4v) is 3.25. The van der Waals surface area contributed by atoms with Crippen LogP contribution in [0.25, 0.3) is 0 Å². The molecule has 0 spiro atoms. The van der Waals surface area contributed by atoms with Crippen molar-refractivity contribution in [2.24, 2.45) is 0 Å². The van der Waals surface area contributed by atoms with E-state index in [0.29, 0.717) is 0 Å². The normalized spacial score (nSPS) is 10.9. The molecule has 0 fully saturated rings. The Balaban J connectivity index is 0. The third-order valence-electron chi connectivity index (χ3n) is 1.40. The Kier molecular flexibility index (Phi) is 11.0. The molecule has 1 aromatic rings. The molecular weight excluding hydrogens is 386 g/mol. The van der Waals surface area contributed by atoms with Crippen LogP contribution in [0.4, 0.5) is 0 Å². The second-order valence-corrected chi connectivity index (χ2v) is 4.88. The fourth-order valence-electron chi connectivity index (χ4n) is 0.837. The van der Waals surface area contributed by atoms with E-state index < -0.39 is 17.0 Å². The summed E-state index contributed by atoms with van der Waals surface area (Å²) in [5.74, 6) is -1.37. The molecule has 1 aromatic carbocycles. The quantitative estimate of drug-likeness (QED) is 0.375. The van der Waals surface area contributed by atoms with Gasteiger partial charge in [-0.05, 0) is 60.6 Å². The van der Waals surface area contributed by atoms with Crippen molar-refractivity contribution in [2.75, 3.05) is 0 Å². The van der Waals surface area contributed by atoms with Gasteiger partial charge in [-0.2, -0.15) is 0 Å². The third kappa shape index (κ3) is 5.17. The van der Waals surface area contributed by atoms with E-state index in [0.717, 1.165) is 0 Å². The zero-order chi connectivity index (χ0) is 10.9. The van der Waals surface area contributed by atoms with Crippen molar-refractivity contribution >= 4 is 48.9 Å². The Hall–Kier alpha value is 1.76. The average molecular weight is 388 g/mol. The Morgan fingerprint density at radius 2 is 1.56 bits per heavy atom. The van der Waals surface area contributed by atoms with Gasteiger partial charge in [0.25, 0.3) is 0 Å². The molecule has 0 aliphatic carbocycles. The molecule has 0 bridgehead atoms. The summed E-state index contributed by atoms with van der Waals surface area (Å²) in [6, 6.07) is 2.34. The smallest absolute Gasteiger partial charge is 0.768 e. The first-order valence-corrected chi connectivity index (χ1v) is 5.89. The van der Waals surface area contributed by atoms with Gasteiger partial charge in [-0.15, -0.1) is 0 Å². The van der Waals surface area contributed by atoms with Crippen LogP contribution in [0.15, 0.2) is 26.0 Å². The molecule has 1 rings (SSSR count). The molecule has 9 heteroatoms. The maximum Gasteiger partial charge on any atom is 1.00 e. The summed E-state index contributed by atoms with van der Waals surface area (Å²) in [6.45, 7) is 0. The zero-order valence-corrected chi connectivity index (χ0v) is 16.4. The number of carbonyl (C=O) groups excluding carboxylic acids is 1. The van der Waals surface area contributed by atoms with Crippen LogP contribution in [0.3, 0.4) is 0 Å². The molecule has 0 aliphatic heterocycles. The number of aromatic carboxylic acids is 1. The third-order valence-corrected chi connectivity index (χ3v) is 3.95. The van der Waals surface area contributed by atoms with Crippen LogP contribution in [0.2, 0.25) is 0 Å². The van der Waals surface area contributed by atoms with Crippen molar-refractivity contribution in [3.8, 4) is 0 Å². The Bertz CT molecular complexity index is 404. The molecule has 1 atom stereocenters. The van der Waals surface area contributed by atoms with Crippen LogP contribution >= 0.6 is 31.9 Å². The minimum absolute atomic E-state index is 0. The summed E-state index contributed by atoms with van der Waals surface area (Å²) in [5, 5.41) is 10.5. The van der Waals surface area contributed by atoms with Crippen molar-refractivity contribution in [2.45, 2.75) is 4.90 Å². The molecule has 0 aromatic heterocycles. The minimum atomic E-state index is -2.43. The number of halogens is 2. The molecule has 0 N–H and O–H groups in total. The first-order valence-electron chi connectivity index (χ1n) is 3.23. The molecular formula is C7H2Br2Na2O4S. The molecule has 0 amide bonds. The van der Waals surface area contributed by atoms with Crippen LogP contribution in [0, 0.1) is 0 Å². The number of hydrogen-bond acceptors (Lipinski definition) is 4. The SMILES string of the molecule is O=C([O-])c1cc(Br)c(S(=O)[O-])c(Br)c1.[Na+].[Na+]. The maximum absolute atomic E-state index is 10.7. The van der Waals surface area contributed by atoms with Crippen molar-refractivity contribution < 1.29 is 77.8 Å². The number of rotatable bonds is 2. The summed E-state index contributed by atoms with van der Waals surface area (Å²) in [4.78, 5) is 10.5. The van der Waals surface area contributed by atoms with Gasteiger partial charge in [0.05, 0.1) is 10.9 Å². The van der Waals surface area contributed by atoms with Crippen LogP contribution in [0.1, 0.15) is 10.4 Å². The Morgan fingerprint density at radius 1 is 1.19 bits per heavy atom. The predicted octanol–water partition coefficient (Wildman–Crippen LogP) is -5.18. The number of carbonyl (C=O) groups is 1. The van der Waals surface area contributed by atoms with Crippen molar-refractivity contribution in [3.63, 3.8) is 0 Å². The topological polar surface area (TPSA) is 80.3 Å². The monoisotopic (exact) mass is 386 g/mol. The molecule has 1 unspecified atom stereocenters. The van der Waals surface area contributed by atoms with Gasteiger partial charge in [0.2, 0.25) is 0 Å². The van der Waals surface area contributed by atoms with Crippen molar-refractivity contribution in [3.05, 3.63) is 26.6 Å². The molecule has 0 radical (unpaired) electrons. The van der Waals surface area contributed by atoms with E-state index in [-0.39, 0.29) is 78.5 Å². The molecule has 0 aliphatic rings. The number of benzene rings is 1. The average Bonchev–Trinajstić information content (AvgIpc) is 2.01. The van der Waals surface area contributed by atoms with Gasteiger partial charge in [0.15, 0.2) is 0 Å². The van der Waals surface area contributed by atoms with Gasteiger partial charge in [-0.1, -0.05) is 0 Å². The molecule has 16 heavy (non-hydrogen) atoms. The first kappa shape index (κ1) is 20.1. The Morgan fingerprint density at radius 3 is 1.81 bits per heavy atom. The zero-order valence-electron chi connectivity index (χ0n) is 8.45. The van der Waals surface area contributed by atoms with E-state index in [4.69, 9.17) is 0 Å². The van der Waals surface area contributed by atoms with Crippen LogP contribution < -0.4 is 64.2 Å². The molecule has 0 heterocycles. The van der Waals surface area contributed by atoms with Gasteiger partial charge in [-0.25, -0.2) is 0 Å². The molecule has 76 valence electrons. The largest absolute Gasteiger partial charge is 1.00 e. The first-order chi connectivity index (χ1) is 6.43. The summed E-state index contributed by atoms with van der Waals surface area (Å²) in [7, 11) is 0. The van der Waals surface area contributed by atoms with E-state index >= 15 is 0 Å². The maximum atomic E-state index is 10.7. The van der Waals surface area contributed by atoms with Crippen LogP contribution in [0.5, 0.6) is 0 Å². The summed E-state index contributed by atoms with van der Waals surface area (Å²) >= 11 is 3.47. The fraction of sp³-hybridized carbons (Fsp3) is 0. The van der Waals surface area contributed by atoms with E-state index in [1.807, 2.05) is 0 Å². The number of hydrogen-bond donors (Lipinski definition) is 0. The summed E-state index contributed by atoms with van der Waals surface area (Å²) < 4.78 is 21.8. The van der Waals surface area contributed by atoms with Crippen molar-refractivity contribution in [1.29, 1.82) is 0 Å². The predicted molar refractivity (Wildman–Crippen MR) is 53.4 cm³/mol. The van der Waals surface area contributed by atoms with Gasteiger partial charge >= 0.3 is 59.1 Å². The Labute approximate surface area is 156 Å². The number of carboxylic acids is 1. The van der Waals surface area contributed by atoms with Gasteiger partial charge < -0.3 is 14.5 Å². The number of carboxylic acid groups (broad SMARTS) is 1. The van der Waals surface area contributed by atoms with Crippen LogP contribution in [-0.2, 0) is 11.1 Å². The second-order valence-electron chi connectivity index (χ2n) is 2.29. The minimum Gasteiger partial charge on any atom is -0.768 e. The molecule has 0 saturated carbocycles. The van der Waals surface area contributed by atoms with E-state index in [2.05, 4.69) is 31.9 Å². The van der Waals surface area contributed by atoms with Gasteiger partial charge in [-0.3, -0.25) is 4.21 Å². The van der Waals surface area contributed by atoms with Crippen molar-refractivity contribution in [1.82, 2.24) is 0 Å². The van der Waals surface area contributed by atoms with E-state index in [9.17, 15) is 18.7 Å². The summed E-state index contributed by atoms with van der Waals surface area (Å²) in [5.41, 5.74) is -0.0991. The molecule has 0 saturated heterocycles. The molecule has 4 nitrogen and oxygen atoms in total. The standard InChI is InChI=1S/C7H4Br2O4S.2Na/c8-4-1-3(7(10)11)2-5(9)6(4)14(12)13;;/h1-2H,(H,10,11)(H,12,13);;/q;2*+1/p-2. The van der Waals surface area contributed by atoms with E-state index in [1.165, 1.54) is 12.1 Å². The summed E-state index contributed by atoms with van der Waals surface area (Å²) in [6.07, 6.45) is 0. The van der Waals surface area contributed by atoms with E-state index in [1.54, 1.807) is 0 Å². The second kappa shape index (κ2) is 8.79. The van der Waals surface area contributed by atoms with Gasteiger partial charge in [0, 0.05) is 8.95 Å². The van der Waals surface area contributed by atoms with Gasteiger partial charge in [0.1, 0.15) is 0 Å². The van der Waals surface area contributed by atoms with Crippen LogP contribution in [-0.4, -0.2) is 14.7 Å².